The molecule has 1 atom stereocenters. The van der Waals surface area contributed by atoms with Crippen LogP contribution in [0.25, 0.3) is 28.1 Å². The van der Waals surface area contributed by atoms with E-state index in [-0.39, 0.29) is 11.4 Å². The van der Waals surface area contributed by atoms with Crippen LogP contribution < -0.4 is 5.56 Å². The smallest absolute Gasteiger partial charge is 0.251 e. The van der Waals surface area contributed by atoms with Crippen molar-refractivity contribution in [3.8, 4) is 28.1 Å². The molecule has 0 saturated heterocycles. The Hall–Kier alpha value is -4.96. The average Bonchev–Trinajstić information content (AvgIpc) is 3.66. The van der Waals surface area contributed by atoms with Gasteiger partial charge in [0.2, 0.25) is 0 Å². The summed E-state index contributed by atoms with van der Waals surface area (Å²) in [6.45, 7) is 1.97. The van der Waals surface area contributed by atoms with Crippen molar-refractivity contribution >= 4 is 11.6 Å². The van der Waals surface area contributed by atoms with E-state index in [0.717, 1.165) is 22.4 Å². The highest BCUT2D eigenvalue weighted by Crippen LogP contribution is 2.30. The van der Waals surface area contributed by atoms with E-state index in [2.05, 4.69) is 30.5 Å². The van der Waals surface area contributed by atoms with Crippen LogP contribution in [0.4, 0.5) is 4.39 Å². The third-order valence-electron chi connectivity index (χ3n) is 6.59. The lowest BCUT2D eigenvalue weighted by Crippen LogP contribution is -2.27. The molecule has 6 aromatic rings. The van der Waals surface area contributed by atoms with Gasteiger partial charge in [0.1, 0.15) is 18.0 Å². The van der Waals surface area contributed by atoms with E-state index < -0.39 is 6.04 Å². The number of hydrogen-bond donors (Lipinski definition) is 1. The summed E-state index contributed by atoms with van der Waals surface area (Å²) < 4.78 is 16.8. The first-order valence-electron chi connectivity index (χ1n) is 12.4. The van der Waals surface area contributed by atoms with Crippen molar-refractivity contribution in [3.63, 3.8) is 0 Å². The Bertz CT molecular complexity index is 1850. The number of nitrogens with zero attached hydrogens (tertiary/aromatic N) is 7. The number of aromatic amines is 1. The van der Waals surface area contributed by atoms with Crippen molar-refractivity contribution in [2.24, 2.45) is 0 Å². The number of hydrogen-bond acceptors (Lipinski definition) is 6. The topological polar surface area (TPSA) is 107 Å². The molecule has 0 spiro atoms. The summed E-state index contributed by atoms with van der Waals surface area (Å²) in [6.07, 6.45) is 8.88. The molecule has 40 heavy (non-hydrogen) atoms. The second-order valence-corrected chi connectivity index (χ2v) is 9.79. The number of pyridine rings is 2. The Morgan fingerprint density at radius 2 is 1.85 bits per heavy atom. The van der Waals surface area contributed by atoms with Gasteiger partial charge in [-0.1, -0.05) is 23.7 Å². The SMILES string of the molecule is Cc1cncc(-c2cnc([C@@H](Cc3ccc(F)cc3)n3ccc(-c4cc(Cl)ccc4-n4cnnn4)cc3=O)[nH]2)c1. The lowest BCUT2D eigenvalue weighted by Gasteiger charge is -2.19. The fraction of sp³-hybridized carbons (Fsp3) is 0.103. The maximum Gasteiger partial charge on any atom is 0.251 e. The minimum absolute atomic E-state index is 0.248. The second-order valence-electron chi connectivity index (χ2n) is 9.36. The van der Waals surface area contributed by atoms with Gasteiger partial charge in [0, 0.05) is 47.2 Å². The highest BCUT2D eigenvalue weighted by Gasteiger charge is 2.21. The van der Waals surface area contributed by atoms with Crippen LogP contribution >= 0.6 is 11.6 Å². The van der Waals surface area contributed by atoms with Gasteiger partial charge in [-0.15, -0.1) is 5.10 Å². The number of benzene rings is 2. The van der Waals surface area contributed by atoms with Gasteiger partial charge in [-0.05, 0) is 76.5 Å². The van der Waals surface area contributed by atoms with Gasteiger partial charge in [-0.25, -0.2) is 9.37 Å². The molecule has 4 heterocycles. The summed E-state index contributed by atoms with van der Waals surface area (Å²) in [5.41, 5.74) is 5.33. The molecule has 0 saturated carbocycles. The number of aryl methyl sites for hydroxylation is 1. The van der Waals surface area contributed by atoms with E-state index in [1.807, 2.05) is 19.1 Å². The quantitative estimate of drug-likeness (QED) is 0.291. The summed E-state index contributed by atoms with van der Waals surface area (Å²) in [5, 5.41) is 11.9. The summed E-state index contributed by atoms with van der Waals surface area (Å²) in [5.74, 6) is 0.266. The van der Waals surface area contributed by atoms with Crippen LogP contribution in [0.5, 0.6) is 0 Å². The van der Waals surface area contributed by atoms with Crippen LogP contribution in [0.3, 0.4) is 0 Å². The van der Waals surface area contributed by atoms with Crippen LogP contribution in [0.1, 0.15) is 23.0 Å². The molecule has 11 heteroatoms. The van der Waals surface area contributed by atoms with Crippen molar-refractivity contribution in [2.45, 2.75) is 19.4 Å². The molecule has 0 fully saturated rings. The Morgan fingerprint density at radius 3 is 2.60 bits per heavy atom. The molecule has 9 nitrogen and oxygen atoms in total. The molecule has 0 bridgehead atoms. The predicted octanol–water partition coefficient (Wildman–Crippen LogP) is 5.21. The fourth-order valence-electron chi connectivity index (χ4n) is 4.65. The fourth-order valence-corrected chi connectivity index (χ4v) is 4.82. The number of tetrazole rings is 1. The first kappa shape index (κ1) is 25.3. The molecule has 2 aromatic carbocycles. The van der Waals surface area contributed by atoms with Crippen LogP contribution in [0, 0.1) is 12.7 Å². The van der Waals surface area contributed by atoms with E-state index in [9.17, 15) is 9.18 Å². The maximum absolute atomic E-state index is 13.6. The Balaban J connectivity index is 1.42. The molecule has 0 aliphatic carbocycles. The molecular weight excluding hydrogens is 531 g/mol. The lowest BCUT2D eigenvalue weighted by molar-refractivity contribution is 0.536. The van der Waals surface area contributed by atoms with Crippen LogP contribution in [-0.2, 0) is 6.42 Å². The standard InChI is InChI=1S/C29H22ClFN8O/c1-18-10-21(15-32-14-18)25-16-33-29(35-25)27(11-19-2-5-23(31)6-3-19)38-9-8-20(12-28(38)40)24-13-22(30)4-7-26(24)39-17-34-36-37-39/h2-10,12-17,27H,11H2,1H3,(H,33,35)/t27-/m1/s1. The van der Waals surface area contributed by atoms with Gasteiger partial charge in [0.05, 0.1) is 23.6 Å². The number of aromatic nitrogens is 8. The summed E-state index contributed by atoms with van der Waals surface area (Å²) in [6, 6.07) is 16.4. The first-order valence-corrected chi connectivity index (χ1v) is 12.8. The van der Waals surface area contributed by atoms with E-state index in [1.54, 1.807) is 65.8 Å². The monoisotopic (exact) mass is 552 g/mol. The normalized spacial score (nSPS) is 12.0. The highest BCUT2D eigenvalue weighted by atomic mass is 35.5. The van der Waals surface area contributed by atoms with Crippen molar-refractivity contribution in [3.05, 3.63) is 130 Å². The average molecular weight is 553 g/mol. The molecule has 0 radical (unpaired) electrons. The molecule has 1 N–H and O–H groups in total. The molecule has 0 aliphatic heterocycles. The van der Waals surface area contributed by atoms with Crippen LogP contribution in [-0.4, -0.2) is 39.7 Å². The van der Waals surface area contributed by atoms with E-state index >= 15 is 0 Å². The van der Waals surface area contributed by atoms with Crippen molar-refractivity contribution in [1.29, 1.82) is 0 Å². The molecule has 0 aliphatic rings. The molecule has 0 amide bonds. The third kappa shape index (κ3) is 5.16. The Kier molecular flexibility index (Phi) is 6.75. The summed E-state index contributed by atoms with van der Waals surface area (Å²) in [4.78, 5) is 25.9. The van der Waals surface area contributed by atoms with Gasteiger partial charge in [-0.3, -0.25) is 9.78 Å². The second kappa shape index (κ2) is 10.7. The number of imidazole rings is 1. The molecular formula is C29H22ClFN8O. The summed E-state index contributed by atoms with van der Waals surface area (Å²) in [7, 11) is 0. The Morgan fingerprint density at radius 1 is 1.00 bits per heavy atom. The van der Waals surface area contributed by atoms with E-state index in [4.69, 9.17) is 11.6 Å². The zero-order chi connectivity index (χ0) is 27.6. The van der Waals surface area contributed by atoms with Gasteiger partial charge in [-0.2, -0.15) is 4.68 Å². The lowest BCUT2D eigenvalue weighted by atomic mass is 10.0. The van der Waals surface area contributed by atoms with E-state index in [1.165, 1.54) is 23.1 Å². The predicted molar refractivity (Wildman–Crippen MR) is 149 cm³/mol. The number of nitrogens with one attached hydrogen (secondary N) is 1. The third-order valence-corrected chi connectivity index (χ3v) is 6.82. The largest absolute Gasteiger partial charge is 0.340 e. The molecule has 4 aromatic heterocycles. The molecule has 0 unspecified atom stereocenters. The van der Waals surface area contributed by atoms with Gasteiger partial charge >= 0.3 is 0 Å². The van der Waals surface area contributed by atoms with Crippen molar-refractivity contribution in [1.82, 2.24) is 39.7 Å². The number of rotatable bonds is 7. The number of halogens is 2. The zero-order valence-corrected chi connectivity index (χ0v) is 22.0. The van der Waals surface area contributed by atoms with E-state index in [0.29, 0.717) is 34.1 Å². The minimum atomic E-state index is -0.489. The van der Waals surface area contributed by atoms with Crippen molar-refractivity contribution < 1.29 is 4.39 Å². The zero-order valence-electron chi connectivity index (χ0n) is 21.2. The minimum Gasteiger partial charge on any atom is -0.340 e. The number of H-pyrrole nitrogens is 1. The molecule has 198 valence electrons. The van der Waals surface area contributed by atoms with Gasteiger partial charge < -0.3 is 9.55 Å². The maximum atomic E-state index is 13.6. The van der Waals surface area contributed by atoms with Crippen LogP contribution in [0.15, 0.2) is 96.6 Å². The van der Waals surface area contributed by atoms with Crippen LogP contribution in [0.2, 0.25) is 5.02 Å². The molecule has 6 rings (SSSR count). The highest BCUT2D eigenvalue weighted by molar-refractivity contribution is 6.31. The van der Waals surface area contributed by atoms with Crippen molar-refractivity contribution in [2.75, 3.05) is 0 Å². The van der Waals surface area contributed by atoms with Gasteiger partial charge in [0.25, 0.3) is 5.56 Å². The Labute approximate surface area is 233 Å². The summed E-state index contributed by atoms with van der Waals surface area (Å²) >= 11 is 6.31. The first-order chi connectivity index (χ1) is 19.4. The van der Waals surface area contributed by atoms with Gasteiger partial charge in [0.15, 0.2) is 0 Å².